The van der Waals surface area contributed by atoms with Crippen LogP contribution in [0.5, 0.6) is 5.75 Å². The van der Waals surface area contributed by atoms with E-state index in [1.807, 2.05) is 6.92 Å². The smallest absolute Gasteiger partial charge is 0.341 e. The van der Waals surface area contributed by atoms with Crippen LogP contribution in [-0.2, 0) is 16.0 Å². The van der Waals surface area contributed by atoms with Crippen molar-refractivity contribution in [2.45, 2.75) is 57.4 Å². The third kappa shape index (κ3) is 5.55. The number of carbonyl (C=O) groups is 2. The molecule has 1 atom stereocenters. The van der Waals surface area contributed by atoms with Gasteiger partial charge in [0.1, 0.15) is 5.75 Å². The lowest BCUT2D eigenvalue weighted by Crippen LogP contribution is -2.26. The van der Waals surface area contributed by atoms with Crippen LogP contribution in [0, 0.1) is 0 Å². The summed E-state index contributed by atoms with van der Waals surface area (Å²) in [6.45, 7) is 1.50. The van der Waals surface area contributed by atoms with E-state index in [0.717, 1.165) is 24.2 Å². The highest BCUT2D eigenvalue weighted by atomic mass is 16.5. The molecule has 1 aliphatic rings. The van der Waals surface area contributed by atoms with Crippen LogP contribution in [-0.4, -0.2) is 33.7 Å². The van der Waals surface area contributed by atoms with Crippen LogP contribution < -0.4 is 10.1 Å². The summed E-state index contributed by atoms with van der Waals surface area (Å²) >= 11 is 0. The molecule has 1 saturated carbocycles. The van der Waals surface area contributed by atoms with Crippen molar-refractivity contribution in [2.75, 3.05) is 6.61 Å². The van der Waals surface area contributed by atoms with E-state index in [4.69, 9.17) is 14.4 Å². The summed E-state index contributed by atoms with van der Waals surface area (Å²) in [6, 6.07) is 6.79. The fraction of sp³-hybridized carbons (Fsp3) is 0.500. The van der Waals surface area contributed by atoms with Crippen molar-refractivity contribution in [3.05, 3.63) is 41.5 Å². The van der Waals surface area contributed by atoms with E-state index < -0.39 is 5.97 Å². The lowest BCUT2D eigenvalue weighted by molar-refractivity contribution is -0.139. The molecular weight excluding hydrogens is 362 g/mol. The van der Waals surface area contributed by atoms with Gasteiger partial charge in [-0.05, 0) is 37.5 Å². The summed E-state index contributed by atoms with van der Waals surface area (Å²) < 4.78 is 10.4. The molecule has 0 aliphatic heterocycles. The SMILES string of the molecule is CC(NC(=O)CCc1nc(C2CCCC2)no1)c1ccc(OCC(=O)O)cc1. The number of hydrogen-bond donors (Lipinski definition) is 2. The van der Waals surface area contributed by atoms with Gasteiger partial charge in [-0.25, -0.2) is 4.79 Å². The molecule has 1 unspecified atom stereocenters. The molecule has 2 N–H and O–H groups in total. The zero-order chi connectivity index (χ0) is 19.9. The summed E-state index contributed by atoms with van der Waals surface area (Å²) in [5.41, 5.74) is 0.900. The van der Waals surface area contributed by atoms with Gasteiger partial charge in [-0.3, -0.25) is 4.79 Å². The van der Waals surface area contributed by atoms with Crippen molar-refractivity contribution >= 4 is 11.9 Å². The van der Waals surface area contributed by atoms with E-state index in [0.29, 0.717) is 24.0 Å². The van der Waals surface area contributed by atoms with Crippen LogP contribution in [0.3, 0.4) is 0 Å². The number of nitrogens with zero attached hydrogens (tertiary/aromatic N) is 2. The number of aliphatic carboxylic acids is 1. The van der Waals surface area contributed by atoms with Gasteiger partial charge in [0, 0.05) is 18.8 Å². The zero-order valence-corrected chi connectivity index (χ0v) is 15.9. The molecule has 1 fully saturated rings. The topological polar surface area (TPSA) is 115 Å². The highest BCUT2D eigenvalue weighted by molar-refractivity contribution is 5.76. The van der Waals surface area contributed by atoms with Gasteiger partial charge in [-0.1, -0.05) is 30.1 Å². The number of carboxylic acid groups (broad SMARTS) is 1. The molecule has 0 saturated heterocycles. The van der Waals surface area contributed by atoms with Crippen LogP contribution in [0.2, 0.25) is 0 Å². The molecule has 3 rings (SSSR count). The second kappa shape index (κ2) is 9.34. The van der Waals surface area contributed by atoms with Crippen molar-refractivity contribution in [1.82, 2.24) is 15.5 Å². The van der Waals surface area contributed by atoms with E-state index in [9.17, 15) is 9.59 Å². The van der Waals surface area contributed by atoms with Gasteiger partial charge >= 0.3 is 5.97 Å². The van der Waals surface area contributed by atoms with Gasteiger partial charge in [-0.2, -0.15) is 4.98 Å². The van der Waals surface area contributed by atoms with Crippen LogP contribution in [0.1, 0.15) is 68.3 Å². The first-order valence-electron chi connectivity index (χ1n) is 9.57. The summed E-state index contributed by atoms with van der Waals surface area (Å²) in [7, 11) is 0. The highest BCUT2D eigenvalue weighted by Crippen LogP contribution is 2.32. The molecule has 150 valence electrons. The minimum Gasteiger partial charge on any atom is -0.482 e. The Balaban J connectivity index is 1.44. The van der Waals surface area contributed by atoms with Crippen molar-refractivity contribution in [2.24, 2.45) is 0 Å². The number of hydrogen-bond acceptors (Lipinski definition) is 6. The predicted molar refractivity (Wildman–Crippen MR) is 100.0 cm³/mol. The Labute approximate surface area is 163 Å². The van der Waals surface area contributed by atoms with Gasteiger partial charge in [0.15, 0.2) is 12.4 Å². The molecule has 0 spiro atoms. The summed E-state index contributed by atoms with van der Waals surface area (Å²) in [5.74, 6) is 1.02. The molecule has 1 aromatic carbocycles. The minimum absolute atomic E-state index is 0.0979. The van der Waals surface area contributed by atoms with Gasteiger partial charge in [0.25, 0.3) is 0 Å². The summed E-state index contributed by atoms with van der Waals surface area (Å²) in [5, 5.41) is 15.6. The zero-order valence-electron chi connectivity index (χ0n) is 15.9. The quantitative estimate of drug-likeness (QED) is 0.680. The van der Waals surface area contributed by atoms with Gasteiger partial charge in [0.2, 0.25) is 11.8 Å². The standard InChI is InChI=1S/C20H25N3O5/c1-13(14-6-8-16(9-7-14)27-12-19(25)26)21-17(24)10-11-18-22-20(23-28-18)15-4-2-3-5-15/h6-9,13,15H,2-5,10-12H2,1H3,(H,21,24)(H,25,26). The van der Waals surface area contributed by atoms with E-state index in [-0.39, 0.29) is 25.0 Å². The maximum atomic E-state index is 12.2. The molecular formula is C20H25N3O5. The number of ether oxygens (including phenoxy) is 1. The van der Waals surface area contributed by atoms with Crippen molar-refractivity contribution < 1.29 is 24.0 Å². The molecule has 8 nitrogen and oxygen atoms in total. The molecule has 2 aromatic rings. The van der Waals surface area contributed by atoms with Crippen LogP contribution in [0.15, 0.2) is 28.8 Å². The van der Waals surface area contributed by atoms with E-state index in [1.54, 1.807) is 24.3 Å². The molecule has 0 bridgehead atoms. The first-order chi connectivity index (χ1) is 13.5. The maximum Gasteiger partial charge on any atom is 0.341 e. The largest absolute Gasteiger partial charge is 0.482 e. The predicted octanol–water partition coefficient (Wildman–Crippen LogP) is 3.00. The monoisotopic (exact) mass is 387 g/mol. The fourth-order valence-corrected chi connectivity index (χ4v) is 3.33. The Hall–Kier alpha value is -2.90. The number of carbonyl (C=O) groups excluding carboxylic acids is 1. The van der Waals surface area contributed by atoms with Crippen molar-refractivity contribution in [1.29, 1.82) is 0 Å². The Morgan fingerprint density at radius 2 is 2.00 bits per heavy atom. The second-order valence-electron chi connectivity index (χ2n) is 7.07. The normalized spacial score (nSPS) is 15.3. The number of nitrogens with one attached hydrogen (secondary N) is 1. The van der Waals surface area contributed by atoms with Crippen LogP contribution in [0.4, 0.5) is 0 Å². The van der Waals surface area contributed by atoms with Crippen LogP contribution >= 0.6 is 0 Å². The molecule has 8 heteroatoms. The number of aromatic nitrogens is 2. The lowest BCUT2D eigenvalue weighted by atomic mass is 10.1. The number of carboxylic acids is 1. The van der Waals surface area contributed by atoms with E-state index in [2.05, 4.69) is 15.5 Å². The van der Waals surface area contributed by atoms with Gasteiger partial charge < -0.3 is 19.7 Å². The summed E-state index contributed by atoms with van der Waals surface area (Å²) in [6.07, 6.45) is 5.33. The molecule has 1 heterocycles. The highest BCUT2D eigenvalue weighted by Gasteiger charge is 2.22. The van der Waals surface area contributed by atoms with Gasteiger partial charge in [0.05, 0.1) is 6.04 Å². The van der Waals surface area contributed by atoms with Crippen molar-refractivity contribution in [3.8, 4) is 5.75 Å². The minimum atomic E-state index is -1.03. The molecule has 1 aliphatic carbocycles. The Kier molecular flexibility index (Phi) is 6.62. The molecule has 0 radical (unpaired) electrons. The van der Waals surface area contributed by atoms with E-state index >= 15 is 0 Å². The maximum absolute atomic E-state index is 12.2. The number of aryl methyl sites for hydroxylation is 1. The first kappa shape index (κ1) is 19.9. The Morgan fingerprint density at radius 3 is 2.68 bits per heavy atom. The van der Waals surface area contributed by atoms with Crippen LogP contribution in [0.25, 0.3) is 0 Å². The average Bonchev–Trinajstić information content (AvgIpc) is 3.36. The fourth-order valence-electron chi connectivity index (χ4n) is 3.33. The van der Waals surface area contributed by atoms with E-state index in [1.165, 1.54) is 12.8 Å². The molecule has 1 aromatic heterocycles. The average molecular weight is 387 g/mol. The number of amides is 1. The first-order valence-corrected chi connectivity index (χ1v) is 9.57. The van der Waals surface area contributed by atoms with Gasteiger partial charge in [-0.15, -0.1) is 0 Å². The third-order valence-corrected chi connectivity index (χ3v) is 4.89. The molecule has 1 amide bonds. The van der Waals surface area contributed by atoms with Crippen molar-refractivity contribution in [3.63, 3.8) is 0 Å². The summed E-state index contributed by atoms with van der Waals surface area (Å²) in [4.78, 5) is 27.2. The number of rotatable bonds is 9. The second-order valence-corrected chi connectivity index (χ2v) is 7.07. The lowest BCUT2D eigenvalue weighted by Gasteiger charge is -2.14. The Bertz CT molecular complexity index is 796. The third-order valence-electron chi connectivity index (χ3n) is 4.89. The number of benzene rings is 1. The Morgan fingerprint density at radius 1 is 1.29 bits per heavy atom. The molecule has 28 heavy (non-hydrogen) atoms.